The van der Waals surface area contributed by atoms with Crippen LogP contribution in [0, 0.1) is 20.8 Å². The van der Waals surface area contributed by atoms with Crippen molar-refractivity contribution in [3.63, 3.8) is 0 Å². The van der Waals surface area contributed by atoms with Gasteiger partial charge in [0, 0.05) is 10.6 Å². The first-order valence-electron chi connectivity index (χ1n) is 4.92. The highest BCUT2D eigenvalue weighted by atomic mass is 32.1. The van der Waals surface area contributed by atoms with E-state index in [0.717, 1.165) is 21.9 Å². The molecule has 0 aliphatic rings. The third-order valence-electron chi connectivity index (χ3n) is 2.28. The molecule has 2 heterocycles. The normalized spacial score (nSPS) is 10.5. The van der Waals surface area contributed by atoms with Crippen molar-refractivity contribution in [3.8, 4) is 0 Å². The Bertz CT molecular complexity index is 604. The molecule has 17 heavy (non-hydrogen) atoms. The zero-order valence-electron chi connectivity index (χ0n) is 9.58. The largest absolute Gasteiger partial charge is 0.316 e. The third-order valence-corrected chi connectivity index (χ3v) is 4.25. The summed E-state index contributed by atoms with van der Waals surface area (Å²) in [7, 11) is 0. The van der Waals surface area contributed by atoms with E-state index < -0.39 is 0 Å². The molecule has 2 aromatic heterocycles. The second-order valence-corrected chi connectivity index (χ2v) is 5.77. The number of carbonyl (C=O) groups is 1. The van der Waals surface area contributed by atoms with Gasteiger partial charge in [0.25, 0.3) is 5.91 Å². The molecule has 5 nitrogen and oxygen atoms in total. The highest BCUT2D eigenvalue weighted by molar-refractivity contribution is 7.16. The average molecular weight is 269 g/mol. The molecule has 2 N–H and O–H groups in total. The lowest BCUT2D eigenvalue weighted by atomic mass is 10.4. The van der Waals surface area contributed by atoms with Gasteiger partial charge < -0.3 is 4.98 Å². The molecule has 0 saturated carbocycles. The average Bonchev–Trinajstić information content (AvgIpc) is 2.71. The first-order valence-corrected chi connectivity index (χ1v) is 6.55. The Hall–Kier alpha value is -1.47. The summed E-state index contributed by atoms with van der Waals surface area (Å²) in [6, 6.07) is 0. The second-order valence-electron chi connectivity index (χ2n) is 3.58. The summed E-state index contributed by atoms with van der Waals surface area (Å²) in [6.45, 7) is 5.54. The Morgan fingerprint density at radius 3 is 2.47 bits per heavy atom. The van der Waals surface area contributed by atoms with Crippen molar-refractivity contribution in [2.75, 3.05) is 5.32 Å². The first-order chi connectivity index (χ1) is 7.97. The van der Waals surface area contributed by atoms with Gasteiger partial charge in [-0.05, 0) is 20.8 Å². The fourth-order valence-electron chi connectivity index (χ4n) is 1.30. The van der Waals surface area contributed by atoms with Gasteiger partial charge in [-0.2, -0.15) is 0 Å². The predicted molar refractivity (Wildman–Crippen MR) is 69.2 cm³/mol. The summed E-state index contributed by atoms with van der Waals surface area (Å²) in [5.41, 5.74) is 1.49. The molecule has 0 spiro atoms. The van der Waals surface area contributed by atoms with Gasteiger partial charge in [-0.25, -0.2) is 4.98 Å². The molecule has 0 atom stereocenters. The Kier molecular flexibility index (Phi) is 3.12. The van der Waals surface area contributed by atoms with Gasteiger partial charge in [0.05, 0.1) is 5.69 Å². The van der Waals surface area contributed by atoms with Crippen LogP contribution >= 0.6 is 22.7 Å². The van der Waals surface area contributed by atoms with Gasteiger partial charge in [-0.3, -0.25) is 14.9 Å². The number of hydrogen-bond donors (Lipinski definition) is 2. The third kappa shape index (κ3) is 2.45. The van der Waals surface area contributed by atoms with Crippen molar-refractivity contribution in [2.45, 2.75) is 20.8 Å². The van der Waals surface area contributed by atoms with Crippen LogP contribution in [0.2, 0.25) is 0 Å². The SMILES string of the molecule is Cc1nc(NC(=O)c2sc(=O)[nH]c2C)sc1C. The minimum absolute atomic E-state index is 0.223. The van der Waals surface area contributed by atoms with E-state index in [2.05, 4.69) is 15.3 Å². The van der Waals surface area contributed by atoms with Crippen molar-refractivity contribution in [1.82, 2.24) is 9.97 Å². The predicted octanol–water partition coefficient (Wildman–Crippen LogP) is 2.07. The number of hydrogen-bond acceptors (Lipinski definition) is 5. The fourth-order valence-corrected chi connectivity index (χ4v) is 2.85. The summed E-state index contributed by atoms with van der Waals surface area (Å²) in [5, 5.41) is 3.25. The molecule has 0 aromatic carbocycles. The highest BCUT2D eigenvalue weighted by Crippen LogP contribution is 2.22. The van der Waals surface area contributed by atoms with Crippen LogP contribution in [-0.2, 0) is 0 Å². The summed E-state index contributed by atoms with van der Waals surface area (Å²) < 4.78 is 0. The van der Waals surface area contributed by atoms with E-state index in [1.165, 1.54) is 11.3 Å². The maximum absolute atomic E-state index is 11.9. The number of anilines is 1. The van der Waals surface area contributed by atoms with Gasteiger partial charge in [0.15, 0.2) is 5.13 Å². The molecule has 0 saturated heterocycles. The van der Waals surface area contributed by atoms with E-state index in [0.29, 0.717) is 15.7 Å². The zero-order chi connectivity index (χ0) is 12.6. The van der Waals surface area contributed by atoms with Crippen LogP contribution in [0.4, 0.5) is 5.13 Å². The molecule has 2 aromatic rings. The number of nitrogens with zero attached hydrogens (tertiary/aromatic N) is 1. The standard InChI is InChI=1S/C10H11N3O2S2/c1-4-6(3)16-9(11-4)13-8(14)7-5(2)12-10(15)17-7/h1-3H3,(H,12,15)(H,11,13,14). The number of aromatic amines is 1. The first kappa shape index (κ1) is 12.0. The van der Waals surface area contributed by atoms with E-state index in [9.17, 15) is 9.59 Å². The molecule has 0 aliphatic carbocycles. The van der Waals surface area contributed by atoms with Crippen molar-refractivity contribution in [3.05, 3.63) is 30.8 Å². The van der Waals surface area contributed by atoms with E-state index in [1.807, 2.05) is 13.8 Å². The molecule has 0 bridgehead atoms. The van der Waals surface area contributed by atoms with Crippen molar-refractivity contribution < 1.29 is 4.79 Å². The molecule has 0 fully saturated rings. The van der Waals surface area contributed by atoms with Gasteiger partial charge in [-0.1, -0.05) is 11.3 Å². The molecular formula is C10H11N3O2S2. The number of amides is 1. The van der Waals surface area contributed by atoms with Gasteiger partial charge >= 0.3 is 4.87 Å². The molecule has 0 aliphatic heterocycles. The topological polar surface area (TPSA) is 74.8 Å². The van der Waals surface area contributed by atoms with Gasteiger partial charge in [0.1, 0.15) is 4.88 Å². The van der Waals surface area contributed by atoms with Crippen LogP contribution in [0.5, 0.6) is 0 Å². The monoisotopic (exact) mass is 269 g/mol. The van der Waals surface area contributed by atoms with Crippen LogP contribution in [-0.4, -0.2) is 15.9 Å². The molecule has 0 unspecified atom stereocenters. The Balaban J connectivity index is 2.22. The Labute approximate surface area is 106 Å². The number of H-pyrrole nitrogens is 1. The van der Waals surface area contributed by atoms with Crippen LogP contribution < -0.4 is 10.2 Å². The number of aromatic nitrogens is 2. The van der Waals surface area contributed by atoms with E-state index >= 15 is 0 Å². The molecule has 0 radical (unpaired) electrons. The number of aryl methyl sites for hydroxylation is 3. The Morgan fingerprint density at radius 2 is 2.00 bits per heavy atom. The summed E-state index contributed by atoms with van der Waals surface area (Å²) in [5.74, 6) is -0.292. The molecule has 90 valence electrons. The van der Waals surface area contributed by atoms with Gasteiger partial charge in [0.2, 0.25) is 0 Å². The molecule has 7 heteroatoms. The number of rotatable bonds is 2. The lowest BCUT2D eigenvalue weighted by Crippen LogP contribution is -2.11. The lowest BCUT2D eigenvalue weighted by Gasteiger charge is -1.98. The maximum atomic E-state index is 11.9. The van der Waals surface area contributed by atoms with Crippen LogP contribution in [0.3, 0.4) is 0 Å². The lowest BCUT2D eigenvalue weighted by molar-refractivity contribution is 0.103. The Morgan fingerprint density at radius 1 is 1.29 bits per heavy atom. The smallest absolute Gasteiger partial charge is 0.305 e. The number of thiazole rings is 2. The number of nitrogens with one attached hydrogen (secondary N) is 2. The summed E-state index contributed by atoms with van der Waals surface area (Å²) in [4.78, 5) is 31.0. The second kappa shape index (κ2) is 4.42. The minimum Gasteiger partial charge on any atom is -0.316 e. The van der Waals surface area contributed by atoms with Crippen LogP contribution in [0.1, 0.15) is 25.9 Å². The maximum Gasteiger partial charge on any atom is 0.305 e. The highest BCUT2D eigenvalue weighted by Gasteiger charge is 2.15. The van der Waals surface area contributed by atoms with Crippen molar-refractivity contribution >= 4 is 33.7 Å². The van der Waals surface area contributed by atoms with Crippen molar-refractivity contribution in [1.29, 1.82) is 0 Å². The minimum atomic E-state index is -0.292. The van der Waals surface area contributed by atoms with Crippen LogP contribution in [0.25, 0.3) is 0 Å². The quantitative estimate of drug-likeness (QED) is 0.876. The summed E-state index contributed by atoms with van der Waals surface area (Å²) in [6.07, 6.45) is 0. The van der Waals surface area contributed by atoms with E-state index in [4.69, 9.17) is 0 Å². The summed E-state index contributed by atoms with van der Waals surface area (Å²) >= 11 is 2.33. The fraction of sp³-hybridized carbons (Fsp3) is 0.300. The zero-order valence-corrected chi connectivity index (χ0v) is 11.2. The van der Waals surface area contributed by atoms with Crippen molar-refractivity contribution in [2.24, 2.45) is 0 Å². The van der Waals surface area contributed by atoms with Crippen LogP contribution in [0.15, 0.2) is 4.79 Å². The van der Waals surface area contributed by atoms with Gasteiger partial charge in [-0.15, -0.1) is 11.3 Å². The van der Waals surface area contributed by atoms with E-state index in [-0.39, 0.29) is 10.8 Å². The van der Waals surface area contributed by atoms with E-state index in [1.54, 1.807) is 6.92 Å². The number of carbonyl (C=O) groups excluding carboxylic acids is 1. The molecule has 2 rings (SSSR count). The molecular weight excluding hydrogens is 258 g/mol. The molecule has 1 amide bonds.